The maximum Gasteiger partial charge on any atom is 0.410 e. The largest absolute Gasteiger partial charge is 0.444 e. The predicted molar refractivity (Wildman–Crippen MR) is 153 cm³/mol. The van der Waals surface area contributed by atoms with Gasteiger partial charge in [-0.15, -0.1) is 0 Å². The highest BCUT2D eigenvalue weighted by Gasteiger charge is 2.35. The topological polar surface area (TPSA) is 88.0 Å². The molecule has 9 nitrogen and oxygen atoms in total. The number of hydrogen-bond acceptors (Lipinski definition) is 8. The van der Waals surface area contributed by atoms with Crippen LogP contribution < -0.4 is 15.1 Å². The molecule has 9 heteroatoms. The monoisotopic (exact) mass is 531 g/mol. The minimum atomic E-state index is -0.519. The number of amides is 1. The molecular formula is C30H41N7O2. The van der Waals surface area contributed by atoms with E-state index in [0.29, 0.717) is 25.2 Å². The van der Waals surface area contributed by atoms with E-state index in [2.05, 4.69) is 57.3 Å². The van der Waals surface area contributed by atoms with Gasteiger partial charge in [0.05, 0.1) is 5.56 Å². The lowest BCUT2D eigenvalue weighted by Crippen LogP contribution is -2.55. The van der Waals surface area contributed by atoms with E-state index in [4.69, 9.17) is 9.72 Å². The van der Waals surface area contributed by atoms with E-state index in [1.807, 2.05) is 26.8 Å². The molecule has 0 unspecified atom stereocenters. The number of nitrogens with one attached hydrogen (secondary N) is 1. The second kappa shape index (κ2) is 11.4. The molecule has 0 spiro atoms. The summed E-state index contributed by atoms with van der Waals surface area (Å²) >= 11 is 0. The van der Waals surface area contributed by atoms with Gasteiger partial charge in [0.25, 0.3) is 0 Å². The van der Waals surface area contributed by atoms with Crippen LogP contribution in [-0.4, -0.2) is 84.9 Å². The SMILES string of the molecule is C[C@H]1CN(C(=O)OC(C)(C)C)CCN1c1nc(N2CCNCC2)c(C#N)c2c1CCN(Cc1ccccc1)C2. The Morgan fingerprint density at radius 2 is 1.82 bits per heavy atom. The summed E-state index contributed by atoms with van der Waals surface area (Å²) in [6.45, 7) is 15.6. The van der Waals surface area contributed by atoms with Gasteiger partial charge in [-0.25, -0.2) is 9.78 Å². The Bertz CT molecular complexity index is 1210. The molecule has 3 aliphatic heterocycles. The molecule has 0 bridgehead atoms. The molecule has 1 atom stereocenters. The number of rotatable bonds is 4. The summed E-state index contributed by atoms with van der Waals surface area (Å²) in [4.78, 5) is 26.9. The molecule has 1 aromatic carbocycles. The molecule has 4 heterocycles. The maximum atomic E-state index is 12.8. The molecule has 0 aliphatic carbocycles. The van der Waals surface area contributed by atoms with Gasteiger partial charge in [0.15, 0.2) is 0 Å². The van der Waals surface area contributed by atoms with Crippen molar-refractivity contribution in [3.05, 3.63) is 52.6 Å². The van der Waals surface area contributed by atoms with Gasteiger partial charge >= 0.3 is 6.09 Å². The molecule has 2 aromatic rings. The quantitative estimate of drug-likeness (QED) is 0.643. The second-order valence-electron chi connectivity index (χ2n) is 11.9. The number of carbonyl (C=O) groups excluding carboxylic acids is 1. The van der Waals surface area contributed by atoms with E-state index < -0.39 is 5.60 Å². The van der Waals surface area contributed by atoms with Gasteiger partial charge < -0.3 is 24.8 Å². The van der Waals surface area contributed by atoms with Crippen LogP contribution in [0.4, 0.5) is 16.4 Å². The van der Waals surface area contributed by atoms with E-state index in [-0.39, 0.29) is 12.1 Å². The zero-order valence-electron chi connectivity index (χ0n) is 23.7. The fourth-order valence-electron chi connectivity index (χ4n) is 5.86. The number of pyridine rings is 1. The lowest BCUT2D eigenvalue weighted by Gasteiger charge is -2.43. The smallest absolute Gasteiger partial charge is 0.410 e. The summed E-state index contributed by atoms with van der Waals surface area (Å²) in [5.41, 5.74) is 3.78. The van der Waals surface area contributed by atoms with Crippen LogP contribution in [0, 0.1) is 11.3 Å². The lowest BCUT2D eigenvalue weighted by atomic mass is 9.94. The summed E-state index contributed by atoms with van der Waals surface area (Å²) in [5, 5.41) is 13.8. The molecule has 2 fully saturated rings. The van der Waals surface area contributed by atoms with Crippen molar-refractivity contribution >= 4 is 17.7 Å². The van der Waals surface area contributed by atoms with Crippen molar-refractivity contribution in [1.82, 2.24) is 20.1 Å². The molecular weight excluding hydrogens is 490 g/mol. The zero-order valence-corrected chi connectivity index (χ0v) is 23.7. The summed E-state index contributed by atoms with van der Waals surface area (Å²) in [6, 6.07) is 13.2. The summed E-state index contributed by atoms with van der Waals surface area (Å²) in [6.07, 6.45) is 0.585. The average Bonchev–Trinajstić information content (AvgIpc) is 2.92. The first-order valence-electron chi connectivity index (χ1n) is 14.2. The van der Waals surface area contributed by atoms with Crippen LogP contribution >= 0.6 is 0 Å². The van der Waals surface area contributed by atoms with Crippen LogP contribution in [-0.2, 0) is 24.2 Å². The number of aromatic nitrogens is 1. The molecule has 3 aliphatic rings. The van der Waals surface area contributed by atoms with Crippen molar-refractivity contribution in [2.75, 3.05) is 62.2 Å². The highest BCUT2D eigenvalue weighted by Crippen LogP contribution is 2.37. The Hall–Kier alpha value is -3.35. The summed E-state index contributed by atoms with van der Waals surface area (Å²) in [7, 11) is 0. The Balaban J connectivity index is 1.47. The molecule has 39 heavy (non-hydrogen) atoms. The van der Waals surface area contributed by atoms with Crippen molar-refractivity contribution in [3.8, 4) is 6.07 Å². The highest BCUT2D eigenvalue weighted by molar-refractivity contribution is 5.70. The van der Waals surface area contributed by atoms with Crippen LogP contribution in [0.15, 0.2) is 30.3 Å². The molecule has 5 rings (SSSR count). The van der Waals surface area contributed by atoms with Crippen LogP contribution in [0.3, 0.4) is 0 Å². The van der Waals surface area contributed by atoms with Gasteiger partial charge in [-0.3, -0.25) is 4.90 Å². The van der Waals surface area contributed by atoms with Crippen molar-refractivity contribution in [2.24, 2.45) is 0 Å². The normalized spacial score (nSPS) is 20.4. The highest BCUT2D eigenvalue weighted by atomic mass is 16.6. The number of nitrogens with zero attached hydrogens (tertiary/aromatic N) is 6. The van der Waals surface area contributed by atoms with Crippen LogP contribution in [0.5, 0.6) is 0 Å². The van der Waals surface area contributed by atoms with Gasteiger partial charge in [-0.2, -0.15) is 5.26 Å². The molecule has 1 N–H and O–H groups in total. The Labute approximate surface area is 232 Å². The third kappa shape index (κ3) is 6.13. The molecule has 2 saturated heterocycles. The van der Waals surface area contributed by atoms with Crippen molar-refractivity contribution in [1.29, 1.82) is 5.26 Å². The van der Waals surface area contributed by atoms with Gasteiger partial charge in [-0.05, 0) is 45.2 Å². The Kier molecular flexibility index (Phi) is 7.96. The van der Waals surface area contributed by atoms with Gasteiger partial charge in [-0.1, -0.05) is 30.3 Å². The number of hydrogen-bond donors (Lipinski definition) is 1. The number of anilines is 2. The van der Waals surface area contributed by atoms with E-state index in [1.54, 1.807) is 4.90 Å². The minimum Gasteiger partial charge on any atom is -0.444 e. The van der Waals surface area contributed by atoms with E-state index >= 15 is 0 Å². The van der Waals surface area contributed by atoms with Crippen molar-refractivity contribution < 1.29 is 9.53 Å². The van der Waals surface area contributed by atoms with E-state index in [1.165, 1.54) is 11.1 Å². The standard InChI is InChI=1S/C30H41N7O2/c1-22-19-36(29(38)39-30(2,3)4)16-17-37(22)28-24-10-13-34(20-23-8-6-5-7-9-23)21-26(24)25(18-31)27(33-28)35-14-11-32-12-15-35/h5-9,22,32H,10-17,19-21H2,1-4H3/t22-/m0/s1. The Morgan fingerprint density at radius 1 is 1.08 bits per heavy atom. The number of ether oxygens (including phenoxy) is 1. The number of piperazine rings is 2. The van der Waals surface area contributed by atoms with E-state index in [9.17, 15) is 10.1 Å². The van der Waals surface area contributed by atoms with Crippen LogP contribution in [0.1, 0.15) is 49.9 Å². The third-order valence-corrected chi connectivity index (χ3v) is 7.76. The molecule has 208 valence electrons. The first-order valence-corrected chi connectivity index (χ1v) is 14.2. The molecule has 0 saturated carbocycles. The predicted octanol–water partition coefficient (Wildman–Crippen LogP) is 3.37. The molecule has 1 amide bonds. The van der Waals surface area contributed by atoms with Crippen molar-refractivity contribution in [3.63, 3.8) is 0 Å². The second-order valence-corrected chi connectivity index (χ2v) is 11.9. The summed E-state index contributed by atoms with van der Waals surface area (Å²) < 4.78 is 5.65. The fourth-order valence-corrected chi connectivity index (χ4v) is 5.86. The number of fused-ring (bicyclic) bond motifs is 1. The van der Waals surface area contributed by atoms with Crippen molar-refractivity contribution in [2.45, 2.75) is 58.8 Å². The fraction of sp³-hybridized carbons (Fsp3) is 0.567. The van der Waals surface area contributed by atoms with Crippen LogP contribution in [0.2, 0.25) is 0 Å². The maximum absolute atomic E-state index is 12.8. The number of carbonyl (C=O) groups is 1. The number of benzene rings is 1. The third-order valence-electron chi connectivity index (χ3n) is 7.76. The minimum absolute atomic E-state index is 0.0778. The number of nitriles is 1. The van der Waals surface area contributed by atoms with Gasteiger partial charge in [0.1, 0.15) is 23.3 Å². The Morgan fingerprint density at radius 3 is 2.49 bits per heavy atom. The first kappa shape index (κ1) is 27.2. The molecule has 0 radical (unpaired) electrons. The lowest BCUT2D eigenvalue weighted by molar-refractivity contribution is 0.0218. The average molecular weight is 532 g/mol. The van der Waals surface area contributed by atoms with E-state index in [0.717, 1.165) is 69.4 Å². The first-order chi connectivity index (χ1) is 18.7. The zero-order chi connectivity index (χ0) is 27.6. The van der Waals surface area contributed by atoms with Crippen LogP contribution in [0.25, 0.3) is 0 Å². The van der Waals surface area contributed by atoms with Gasteiger partial charge in [0, 0.05) is 77.1 Å². The van der Waals surface area contributed by atoms with Gasteiger partial charge in [0.2, 0.25) is 0 Å². The molecule has 1 aromatic heterocycles. The summed E-state index contributed by atoms with van der Waals surface area (Å²) in [5.74, 6) is 1.78.